The molecule has 0 bridgehead atoms. The second-order valence-corrected chi connectivity index (χ2v) is 8.36. The van der Waals surface area contributed by atoms with Crippen molar-refractivity contribution in [3.63, 3.8) is 0 Å². The average Bonchev–Trinajstić information content (AvgIpc) is 2.83. The maximum absolute atomic E-state index is 12.7. The molecule has 3 rings (SSSR count). The van der Waals surface area contributed by atoms with Crippen LogP contribution in [0.2, 0.25) is 0 Å². The SMILES string of the molecule is Cc1cc(C)c(S(=O)(=O)NCCc2cn(C)c3ccccc23)c(C)c1. The summed E-state index contributed by atoms with van der Waals surface area (Å²) in [6.07, 6.45) is 2.73. The summed E-state index contributed by atoms with van der Waals surface area (Å²) in [4.78, 5) is 0.399. The molecular formula is C20H24N2O2S. The number of para-hydroxylation sites is 1. The van der Waals surface area contributed by atoms with Gasteiger partial charge in [0.25, 0.3) is 0 Å². The summed E-state index contributed by atoms with van der Waals surface area (Å²) in [7, 11) is -1.50. The van der Waals surface area contributed by atoms with Crippen molar-refractivity contribution in [2.24, 2.45) is 7.05 Å². The van der Waals surface area contributed by atoms with Crippen molar-refractivity contribution in [1.29, 1.82) is 0 Å². The Morgan fingerprint density at radius 3 is 2.36 bits per heavy atom. The number of aromatic nitrogens is 1. The minimum absolute atomic E-state index is 0.378. The number of nitrogens with one attached hydrogen (secondary N) is 1. The maximum atomic E-state index is 12.7. The summed E-state index contributed by atoms with van der Waals surface area (Å²) in [5, 5.41) is 1.17. The van der Waals surface area contributed by atoms with E-state index < -0.39 is 10.0 Å². The van der Waals surface area contributed by atoms with E-state index in [9.17, 15) is 8.42 Å². The lowest BCUT2D eigenvalue weighted by Gasteiger charge is -2.13. The summed E-state index contributed by atoms with van der Waals surface area (Å²) in [6, 6.07) is 12.0. The Balaban J connectivity index is 1.79. The Bertz CT molecular complexity index is 1010. The largest absolute Gasteiger partial charge is 0.350 e. The number of rotatable bonds is 5. The zero-order valence-corrected chi connectivity index (χ0v) is 15.9. The van der Waals surface area contributed by atoms with Crippen molar-refractivity contribution >= 4 is 20.9 Å². The maximum Gasteiger partial charge on any atom is 0.241 e. The van der Waals surface area contributed by atoms with Gasteiger partial charge in [-0.1, -0.05) is 35.9 Å². The number of hydrogen-bond donors (Lipinski definition) is 1. The number of nitrogens with zero attached hydrogens (tertiary/aromatic N) is 1. The standard InChI is InChI=1S/C20H24N2O2S/c1-14-11-15(2)20(16(3)12-14)25(23,24)21-10-9-17-13-22(4)19-8-6-5-7-18(17)19/h5-8,11-13,21H,9-10H2,1-4H3. The van der Waals surface area contributed by atoms with E-state index in [4.69, 9.17) is 0 Å². The second-order valence-electron chi connectivity index (χ2n) is 6.66. The molecule has 0 spiro atoms. The summed E-state index contributed by atoms with van der Waals surface area (Å²) < 4.78 is 30.3. The molecule has 3 aromatic rings. The van der Waals surface area contributed by atoms with Crippen LogP contribution < -0.4 is 4.72 Å². The van der Waals surface area contributed by atoms with Gasteiger partial charge in [-0.15, -0.1) is 0 Å². The molecule has 0 fully saturated rings. The second kappa shape index (κ2) is 6.65. The Hall–Kier alpha value is -2.11. The molecular weight excluding hydrogens is 332 g/mol. The quantitative estimate of drug-likeness (QED) is 0.759. The Morgan fingerprint density at radius 1 is 1.04 bits per heavy atom. The van der Waals surface area contributed by atoms with Gasteiger partial charge in [-0.3, -0.25) is 0 Å². The first-order valence-corrected chi connectivity index (χ1v) is 9.88. The van der Waals surface area contributed by atoms with Gasteiger partial charge < -0.3 is 4.57 Å². The van der Waals surface area contributed by atoms with E-state index in [1.54, 1.807) is 0 Å². The van der Waals surface area contributed by atoms with Crippen molar-refractivity contribution in [3.05, 3.63) is 64.8 Å². The first-order valence-electron chi connectivity index (χ1n) is 8.40. The normalized spacial score (nSPS) is 12.0. The molecule has 0 aliphatic rings. The molecule has 2 aromatic carbocycles. The molecule has 1 N–H and O–H groups in total. The molecule has 0 aliphatic heterocycles. The van der Waals surface area contributed by atoms with Crippen molar-refractivity contribution in [2.75, 3.05) is 6.54 Å². The van der Waals surface area contributed by atoms with Crippen LogP contribution in [0, 0.1) is 20.8 Å². The predicted molar refractivity (Wildman–Crippen MR) is 102 cm³/mol. The molecule has 132 valence electrons. The van der Waals surface area contributed by atoms with Gasteiger partial charge in [-0.05, 0) is 49.9 Å². The highest BCUT2D eigenvalue weighted by atomic mass is 32.2. The fourth-order valence-electron chi connectivity index (χ4n) is 3.61. The van der Waals surface area contributed by atoms with Crippen molar-refractivity contribution in [2.45, 2.75) is 32.1 Å². The first-order chi connectivity index (χ1) is 11.8. The molecule has 4 nitrogen and oxygen atoms in total. The molecule has 0 unspecified atom stereocenters. The zero-order valence-electron chi connectivity index (χ0n) is 15.1. The topological polar surface area (TPSA) is 51.1 Å². The average molecular weight is 356 g/mol. The summed E-state index contributed by atoms with van der Waals surface area (Å²) in [5.74, 6) is 0. The Morgan fingerprint density at radius 2 is 1.68 bits per heavy atom. The summed E-state index contributed by atoms with van der Waals surface area (Å²) >= 11 is 0. The number of fused-ring (bicyclic) bond motifs is 1. The monoisotopic (exact) mass is 356 g/mol. The van der Waals surface area contributed by atoms with Crippen LogP contribution in [-0.2, 0) is 23.5 Å². The number of sulfonamides is 1. The molecule has 0 aliphatic carbocycles. The van der Waals surface area contributed by atoms with E-state index in [2.05, 4.69) is 27.6 Å². The van der Waals surface area contributed by atoms with Crippen molar-refractivity contribution in [3.8, 4) is 0 Å². The molecule has 0 atom stereocenters. The minimum atomic E-state index is -3.51. The number of benzene rings is 2. The van der Waals surface area contributed by atoms with Crippen LogP contribution in [0.1, 0.15) is 22.3 Å². The Kier molecular flexibility index (Phi) is 4.71. The summed E-state index contributed by atoms with van der Waals surface area (Å²) in [5.41, 5.74) is 4.96. The lowest BCUT2D eigenvalue weighted by Crippen LogP contribution is -2.27. The zero-order chi connectivity index (χ0) is 18.2. The van der Waals surface area contributed by atoms with E-state index in [1.165, 1.54) is 5.39 Å². The van der Waals surface area contributed by atoms with Gasteiger partial charge in [-0.2, -0.15) is 0 Å². The van der Waals surface area contributed by atoms with Gasteiger partial charge in [0.05, 0.1) is 4.90 Å². The van der Waals surface area contributed by atoms with Gasteiger partial charge >= 0.3 is 0 Å². The van der Waals surface area contributed by atoms with Crippen LogP contribution in [0.25, 0.3) is 10.9 Å². The van der Waals surface area contributed by atoms with Crippen LogP contribution >= 0.6 is 0 Å². The van der Waals surface area contributed by atoms with Crippen LogP contribution in [-0.4, -0.2) is 19.5 Å². The smallest absolute Gasteiger partial charge is 0.241 e. The highest BCUT2D eigenvalue weighted by Gasteiger charge is 2.19. The van der Waals surface area contributed by atoms with Crippen LogP contribution in [0.4, 0.5) is 0 Å². The third kappa shape index (κ3) is 3.48. The molecule has 1 aromatic heterocycles. The van der Waals surface area contributed by atoms with E-state index >= 15 is 0 Å². The molecule has 0 radical (unpaired) electrons. The minimum Gasteiger partial charge on any atom is -0.350 e. The van der Waals surface area contributed by atoms with Gasteiger partial charge in [-0.25, -0.2) is 13.1 Å². The first kappa shape index (κ1) is 17.7. The predicted octanol–water partition coefficient (Wildman–Crippen LogP) is 3.62. The third-order valence-electron chi connectivity index (χ3n) is 4.54. The molecule has 1 heterocycles. The van der Waals surface area contributed by atoms with E-state index in [0.717, 1.165) is 27.8 Å². The van der Waals surface area contributed by atoms with Crippen LogP contribution in [0.15, 0.2) is 47.5 Å². The molecule has 0 amide bonds. The lowest BCUT2D eigenvalue weighted by atomic mass is 10.1. The van der Waals surface area contributed by atoms with Gasteiger partial charge in [0.15, 0.2) is 0 Å². The molecule has 0 saturated heterocycles. The third-order valence-corrected chi connectivity index (χ3v) is 6.30. The van der Waals surface area contributed by atoms with Crippen molar-refractivity contribution < 1.29 is 8.42 Å². The number of hydrogen-bond acceptors (Lipinski definition) is 2. The van der Waals surface area contributed by atoms with Gasteiger partial charge in [0.2, 0.25) is 10.0 Å². The highest BCUT2D eigenvalue weighted by molar-refractivity contribution is 7.89. The fraction of sp³-hybridized carbons (Fsp3) is 0.300. The molecule has 0 saturated carbocycles. The molecule has 25 heavy (non-hydrogen) atoms. The van der Waals surface area contributed by atoms with Crippen LogP contribution in [0.3, 0.4) is 0 Å². The lowest BCUT2D eigenvalue weighted by molar-refractivity contribution is 0.580. The van der Waals surface area contributed by atoms with Crippen molar-refractivity contribution in [1.82, 2.24) is 9.29 Å². The van der Waals surface area contributed by atoms with E-state index in [-0.39, 0.29) is 0 Å². The molecule has 5 heteroatoms. The van der Waals surface area contributed by atoms with Gasteiger partial charge in [0, 0.05) is 30.7 Å². The Labute approximate surface area is 149 Å². The van der Waals surface area contributed by atoms with Gasteiger partial charge in [0.1, 0.15) is 0 Å². The van der Waals surface area contributed by atoms with E-state index in [1.807, 2.05) is 52.1 Å². The highest BCUT2D eigenvalue weighted by Crippen LogP contribution is 2.23. The van der Waals surface area contributed by atoms with Crippen LogP contribution in [0.5, 0.6) is 0 Å². The van der Waals surface area contributed by atoms with E-state index in [0.29, 0.717) is 17.9 Å². The number of aryl methyl sites for hydroxylation is 4. The fourth-order valence-corrected chi connectivity index (χ4v) is 5.09. The summed E-state index contributed by atoms with van der Waals surface area (Å²) in [6.45, 7) is 6.05.